The molecule has 1 N–H and O–H groups in total. The highest BCUT2D eigenvalue weighted by Crippen LogP contribution is 2.39. The van der Waals surface area contributed by atoms with Gasteiger partial charge < -0.3 is 14.6 Å². The third kappa shape index (κ3) is 8.06. The fourth-order valence-corrected chi connectivity index (χ4v) is 5.67. The molecule has 198 valence electrons. The fourth-order valence-electron chi connectivity index (χ4n) is 3.79. The van der Waals surface area contributed by atoms with Gasteiger partial charge in [0.25, 0.3) is 5.91 Å². The number of amides is 1. The molecule has 2 aromatic rings. The van der Waals surface area contributed by atoms with Gasteiger partial charge in [-0.3, -0.25) is 14.5 Å². The van der Waals surface area contributed by atoms with Crippen molar-refractivity contribution in [3.05, 3.63) is 62.5 Å². The summed E-state index contributed by atoms with van der Waals surface area (Å²) in [5, 5.41) is 8.76. The summed E-state index contributed by atoms with van der Waals surface area (Å²) in [6.07, 6.45) is 3.96. The average molecular weight is 607 g/mol. The van der Waals surface area contributed by atoms with Crippen molar-refractivity contribution < 1.29 is 24.2 Å². The highest BCUT2D eigenvalue weighted by molar-refractivity contribution is 9.10. The molecule has 0 aliphatic carbocycles. The molecule has 0 radical (unpaired) electrons. The molecule has 1 amide bonds. The normalized spacial score (nSPS) is 14.9. The number of unbranched alkanes of at least 4 members (excludes halogenated alkanes) is 2. The van der Waals surface area contributed by atoms with E-state index in [4.69, 9.17) is 26.8 Å². The maximum absolute atomic E-state index is 12.9. The summed E-state index contributed by atoms with van der Waals surface area (Å²) in [5.74, 6) is 0.206. The lowest BCUT2D eigenvalue weighted by atomic mass is 9.87. The number of thiocarbonyl (C=S) groups is 1. The molecule has 37 heavy (non-hydrogen) atoms. The Morgan fingerprint density at radius 3 is 2.49 bits per heavy atom. The van der Waals surface area contributed by atoms with Crippen molar-refractivity contribution in [1.82, 2.24) is 4.90 Å². The van der Waals surface area contributed by atoms with Crippen LogP contribution in [0.1, 0.15) is 63.1 Å². The summed E-state index contributed by atoms with van der Waals surface area (Å²) in [4.78, 5) is 25.7. The van der Waals surface area contributed by atoms with Crippen LogP contribution in [0.4, 0.5) is 0 Å². The van der Waals surface area contributed by atoms with E-state index >= 15 is 0 Å². The minimum atomic E-state index is -0.804. The van der Waals surface area contributed by atoms with Crippen molar-refractivity contribution in [2.24, 2.45) is 0 Å². The lowest BCUT2D eigenvalue weighted by molar-refractivity contribution is -0.137. The van der Waals surface area contributed by atoms with Gasteiger partial charge in [-0.1, -0.05) is 75.4 Å². The minimum absolute atomic E-state index is 0.0949. The van der Waals surface area contributed by atoms with Crippen LogP contribution in [-0.4, -0.2) is 39.9 Å². The third-order valence-corrected chi connectivity index (χ3v) is 7.87. The molecule has 0 saturated carbocycles. The monoisotopic (exact) mass is 605 g/mol. The van der Waals surface area contributed by atoms with Crippen LogP contribution < -0.4 is 9.47 Å². The molecule has 0 aromatic heterocycles. The largest absolute Gasteiger partial charge is 0.493 e. The van der Waals surface area contributed by atoms with Crippen LogP contribution >= 0.6 is 39.9 Å². The number of hydrogen-bond acceptors (Lipinski definition) is 6. The Morgan fingerprint density at radius 1 is 1.16 bits per heavy atom. The van der Waals surface area contributed by atoms with Crippen LogP contribution in [-0.2, 0) is 21.6 Å². The predicted molar refractivity (Wildman–Crippen MR) is 156 cm³/mol. The molecule has 0 bridgehead atoms. The van der Waals surface area contributed by atoms with Crippen LogP contribution in [0.5, 0.6) is 11.5 Å². The first-order chi connectivity index (χ1) is 17.5. The van der Waals surface area contributed by atoms with Crippen molar-refractivity contribution in [3.8, 4) is 11.5 Å². The van der Waals surface area contributed by atoms with Crippen molar-refractivity contribution >= 4 is 62.2 Å². The highest BCUT2D eigenvalue weighted by atomic mass is 79.9. The summed E-state index contributed by atoms with van der Waals surface area (Å²) in [6, 6.07) is 12.1. The first-order valence-corrected chi connectivity index (χ1v) is 14.1. The summed E-state index contributed by atoms with van der Waals surface area (Å²) in [5.41, 5.74) is 3.20. The van der Waals surface area contributed by atoms with Gasteiger partial charge in [-0.2, -0.15) is 0 Å². The van der Waals surface area contributed by atoms with E-state index in [0.29, 0.717) is 46.7 Å². The number of carboxylic acids is 1. The van der Waals surface area contributed by atoms with Crippen molar-refractivity contribution in [2.45, 2.75) is 58.5 Å². The van der Waals surface area contributed by atoms with Crippen LogP contribution in [0.25, 0.3) is 6.08 Å². The maximum Gasteiger partial charge on any atom is 0.303 e. The Bertz CT molecular complexity index is 1190. The Hall–Kier alpha value is -2.36. The lowest BCUT2D eigenvalue weighted by Gasteiger charge is -2.19. The van der Waals surface area contributed by atoms with E-state index < -0.39 is 5.97 Å². The highest BCUT2D eigenvalue weighted by Gasteiger charge is 2.31. The van der Waals surface area contributed by atoms with E-state index in [2.05, 4.69) is 61.0 Å². The lowest BCUT2D eigenvalue weighted by Crippen LogP contribution is -2.29. The number of carbonyl (C=O) groups excluding carboxylic acids is 1. The van der Waals surface area contributed by atoms with E-state index in [1.165, 1.54) is 17.3 Å². The van der Waals surface area contributed by atoms with Gasteiger partial charge in [-0.25, -0.2) is 0 Å². The van der Waals surface area contributed by atoms with Gasteiger partial charge in [0.2, 0.25) is 0 Å². The Labute approximate surface area is 236 Å². The van der Waals surface area contributed by atoms with E-state index in [1.54, 1.807) is 18.1 Å². The van der Waals surface area contributed by atoms with Crippen LogP contribution in [0.2, 0.25) is 0 Å². The number of methoxy groups -OCH3 is 1. The summed E-state index contributed by atoms with van der Waals surface area (Å²) in [6.45, 7) is 7.43. The third-order valence-electron chi connectivity index (χ3n) is 5.90. The topological polar surface area (TPSA) is 76.1 Å². The molecule has 6 nitrogen and oxygen atoms in total. The Balaban J connectivity index is 1.67. The number of aliphatic carboxylic acids is 1. The SMILES string of the molecule is COc1cc(/C=C2/SC(=S)N(CCCCCC(=O)O)C2=O)cc(Br)c1OCc1ccc(C(C)(C)C)cc1. The number of nitrogens with zero attached hydrogens (tertiary/aromatic N) is 1. The van der Waals surface area contributed by atoms with Crippen molar-refractivity contribution in [2.75, 3.05) is 13.7 Å². The quantitative estimate of drug-likeness (QED) is 0.165. The fraction of sp³-hybridized carbons (Fsp3) is 0.393. The van der Waals surface area contributed by atoms with Crippen molar-refractivity contribution in [1.29, 1.82) is 0 Å². The maximum atomic E-state index is 12.9. The molecular formula is C28H32BrNO5S2. The molecule has 1 aliphatic heterocycles. The zero-order valence-electron chi connectivity index (χ0n) is 21.5. The number of halogens is 1. The van der Waals surface area contributed by atoms with Gasteiger partial charge in [0.05, 0.1) is 16.5 Å². The predicted octanol–water partition coefficient (Wildman–Crippen LogP) is 7.18. The first-order valence-electron chi connectivity index (χ1n) is 12.1. The Kier molecular flexibility index (Phi) is 10.2. The smallest absolute Gasteiger partial charge is 0.303 e. The van der Waals surface area contributed by atoms with Crippen LogP contribution in [0.15, 0.2) is 45.8 Å². The number of carbonyl (C=O) groups is 2. The van der Waals surface area contributed by atoms with Crippen molar-refractivity contribution in [3.63, 3.8) is 0 Å². The number of thioether (sulfide) groups is 1. The second-order valence-corrected chi connectivity index (χ2v) is 12.3. The molecule has 0 unspecified atom stereocenters. The second-order valence-electron chi connectivity index (χ2n) is 9.81. The standard InChI is InChI=1S/C28H32BrNO5S2/c1-28(2,3)20-11-9-18(10-12-20)17-35-25-21(29)14-19(15-22(25)34-4)16-23-26(33)30(27(36)37-23)13-7-5-6-8-24(31)32/h9-12,14-16H,5-8,13,17H2,1-4H3,(H,31,32)/b23-16+. The van der Waals surface area contributed by atoms with E-state index in [9.17, 15) is 9.59 Å². The number of carboxylic acid groups (broad SMARTS) is 1. The molecule has 1 aliphatic rings. The minimum Gasteiger partial charge on any atom is -0.493 e. The van der Waals surface area contributed by atoms with Crippen LogP contribution in [0.3, 0.4) is 0 Å². The molecule has 0 spiro atoms. The van der Waals surface area contributed by atoms with E-state index in [1.807, 2.05) is 12.1 Å². The van der Waals surface area contributed by atoms with E-state index in [-0.39, 0.29) is 17.7 Å². The molecule has 2 aromatic carbocycles. The van der Waals surface area contributed by atoms with Gasteiger partial charge in [-0.05, 0) is 69.1 Å². The zero-order chi connectivity index (χ0) is 27.2. The molecule has 3 rings (SSSR count). The molecule has 9 heteroatoms. The number of hydrogen-bond donors (Lipinski definition) is 1. The average Bonchev–Trinajstić information content (AvgIpc) is 3.09. The molecule has 1 fully saturated rings. The molecule has 1 saturated heterocycles. The molecular weight excluding hydrogens is 574 g/mol. The van der Waals surface area contributed by atoms with Gasteiger partial charge in [0.1, 0.15) is 10.9 Å². The number of rotatable bonds is 11. The second kappa shape index (κ2) is 12.9. The summed E-state index contributed by atoms with van der Waals surface area (Å²) in [7, 11) is 1.58. The van der Waals surface area contributed by atoms with Gasteiger partial charge in [0, 0.05) is 13.0 Å². The van der Waals surface area contributed by atoms with Gasteiger partial charge >= 0.3 is 5.97 Å². The summed E-state index contributed by atoms with van der Waals surface area (Å²) >= 11 is 10.3. The zero-order valence-corrected chi connectivity index (χ0v) is 24.7. The molecule has 0 atom stereocenters. The summed E-state index contributed by atoms with van der Waals surface area (Å²) < 4.78 is 12.9. The molecule has 1 heterocycles. The Morgan fingerprint density at radius 2 is 1.86 bits per heavy atom. The van der Waals surface area contributed by atoms with Crippen LogP contribution in [0, 0.1) is 0 Å². The number of benzene rings is 2. The van der Waals surface area contributed by atoms with E-state index in [0.717, 1.165) is 22.0 Å². The first kappa shape index (κ1) is 29.2. The number of ether oxygens (including phenoxy) is 2. The van der Waals surface area contributed by atoms with Gasteiger partial charge in [0.15, 0.2) is 11.5 Å². The van der Waals surface area contributed by atoms with Gasteiger partial charge in [-0.15, -0.1) is 0 Å².